The van der Waals surface area contributed by atoms with E-state index in [9.17, 15) is 0 Å². The van der Waals surface area contributed by atoms with Crippen molar-refractivity contribution in [2.75, 3.05) is 13.7 Å². The Morgan fingerprint density at radius 3 is 2.74 bits per heavy atom. The number of nitrogens with one attached hydrogen (secondary N) is 1. The van der Waals surface area contributed by atoms with E-state index in [2.05, 4.69) is 49.3 Å². The quantitative estimate of drug-likeness (QED) is 0.913. The SMILES string of the molecule is CNC(COC(C)(C)C)c1cccc2ccncc12. The predicted octanol–water partition coefficient (Wildman–Crippen LogP) is 3.31. The van der Waals surface area contributed by atoms with Crippen LogP contribution in [0.1, 0.15) is 32.4 Å². The van der Waals surface area contributed by atoms with Crippen molar-refractivity contribution in [2.24, 2.45) is 0 Å². The first kappa shape index (κ1) is 14.0. The molecule has 3 heteroatoms. The molecule has 0 aliphatic rings. The van der Waals surface area contributed by atoms with Gasteiger partial charge in [-0.25, -0.2) is 0 Å². The van der Waals surface area contributed by atoms with Crippen LogP contribution < -0.4 is 5.32 Å². The van der Waals surface area contributed by atoms with Gasteiger partial charge >= 0.3 is 0 Å². The van der Waals surface area contributed by atoms with Gasteiger partial charge in [0, 0.05) is 17.8 Å². The Bertz CT molecular complexity index is 540. The van der Waals surface area contributed by atoms with Crippen LogP contribution in [0.15, 0.2) is 36.7 Å². The van der Waals surface area contributed by atoms with Gasteiger partial charge in [-0.05, 0) is 44.8 Å². The second-order valence-corrected chi connectivity index (χ2v) is 5.71. The van der Waals surface area contributed by atoms with Crippen molar-refractivity contribution >= 4 is 10.8 Å². The van der Waals surface area contributed by atoms with Crippen LogP contribution >= 0.6 is 0 Å². The van der Waals surface area contributed by atoms with E-state index in [0.717, 1.165) is 0 Å². The van der Waals surface area contributed by atoms with Gasteiger partial charge in [-0.15, -0.1) is 0 Å². The molecule has 3 nitrogen and oxygen atoms in total. The summed E-state index contributed by atoms with van der Waals surface area (Å²) in [6, 6.07) is 8.54. The molecule has 0 saturated heterocycles. The van der Waals surface area contributed by atoms with Gasteiger partial charge in [-0.1, -0.05) is 18.2 Å². The minimum absolute atomic E-state index is 0.127. The summed E-state index contributed by atoms with van der Waals surface area (Å²) in [6.45, 7) is 6.87. The lowest BCUT2D eigenvalue weighted by Gasteiger charge is -2.25. The molecule has 0 radical (unpaired) electrons. The summed E-state index contributed by atoms with van der Waals surface area (Å²) in [4.78, 5) is 4.23. The number of ether oxygens (including phenoxy) is 1. The Labute approximate surface area is 115 Å². The van der Waals surface area contributed by atoms with Crippen molar-refractivity contribution in [3.05, 3.63) is 42.2 Å². The van der Waals surface area contributed by atoms with Crippen molar-refractivity contribution < 1.29 is 4.74 Å². The molecule has 1 atom stereocenters. The van der Waals surface area contributed by atoms with Crippen molar-refractivity contribution in [3.63, 3.8) is 0 Å². The average Bonchev–Trinajstić information content (AvgIpc) is 2.38. The van der Waals surface area contributed by atoms with E-state index < -0.39 is 0 Å². The minimum atomic E-state index is -0.127. The molecule has 0 saturated carbocycles. The summed E-state index contributed by atoms with van der Waals surface area (Å²) in [6.07, 6.45) is 3.75. The van der Waals surface area contributed by atoms with E-state index >= 15 is 0 Å². The maximum Gasteiger partial charge on any atom is 0.0668 e. The van der Waals surface area contributed by atoms with Crippen molar-refractivity contribution in [1.29, 1.82) is 0 Å². The number of hydrogen-bond acceptors (Lipinski definition) is 3. The maximum atomic E-state index is 5.90. The van der Waals surface area contributed by atoms with E-state index in [-0.39, 0.29) is 11.6 Å². The average molecular weight is 258 g/mol. The standard InChI is InChI=1S/C16H22N2O/c1-16(2,3)19-11-15(17-4)13-7-5-6-12-8-9-18-10-14(12)13/h5-10,15,17H,11H2,1-4H3. The molecule has 0 fully saturated rings. The molecule has 0 bridgehead atoms. The van der Waals surface area contributed by atoms with Gasteiger partial charge in [-0.3, -0.25) is 4.98 Å². The van der Waals surface area contributed by atoms with Gasteiger partial charge in [0.2, 0.25) is 0 Å². The zero-order chi connectivity index (χ0) is 13.9. The molecule has 1 heterocycles. The number of pyridine rings is 1. The third-order valence-corrected chi connectivity index (χ3v) is 3.12. The number of aromatic nitrogens is 1. The lowest BCUT2D eigenvalue weighted by atomic mass is 10.0. The number of benzene rings is 1. The number of likely N-dealkylation sites (N-methyl/N-ethyl adjacent to an activating group) is 1. The van der Waals surface area contributed by atoms with Crippen LogP contribution in [-0.4, -0.2) is 24.2 Å². The summed E-state index contributed by atoms with van der Waals surface area (Å²) in [5, 5.41) is 5.72. The van der Waals surface area contributed by atoms with Crippen LogP contribution in [0.3, 0.4) is 0 Å². The van der Waals surface area contributed by atoms with Crippen LogP contribution in [0, 0.1) is 0 Å². The van der Waals surface area contributed by atoms with E-state index in [1.54, 1.807) is 0 Å². The zero-order valence-electron chi connectivity index (χ0n) is 12.1. The fraction of sp³-hybridized carbons (Fsp3) is 0.438. The van der Waals surface area contributed by atoms with Crippen LogP contribution in [0.2, 0.25) is 0 Å². The molecule has 2 aromatic rings. The topological polar surface area (TPSA) is 34.1 Å². The molecule has 102 valence electrons. The molecule has 1 N–H and O–H groups in total. The lowest BCUT2D eigenvalue weighted by molar-refractivity contribution is -0.0137. The highest BCUT2D eigenvalue weighted by Gasteiger charge is 2.17. The summed E-state index contributed by atoms with van der Waals surface area (Å²) < 4.78 is 5.90. The molecule has 2 rings (SSSR count). The van der Waals surface area contributed by atoms with Gasteiger partial charge in [0.15, 0.2) is 0 Å². The third-order valence-electron chi connectivity index (χ3n) is 3.12. The summed E-state index contributed by atoms with van der Waals surface area (Å²) >= 11 is 0. The Hall–Kier alpha value is -1.45. The Morgan fingerprint density at radius 1 is 1.26 bits per heavy atom. The molecular weight excluding hydrogens is 236 g/mol. The maximum absolute atomic E-state index is 5.90. The summed E-state index contributed by atoms with van der Waals surface area (Å²) in [7, 11) is 1.96. The first-order valence-corrected chi connectivity index (χ1v) is 6.65. The van der Waals surface area contributed by atoms with Crippen LogP contribution in [-0.2, 0) is 4.74 Å². The van der Waals surface area contributed by atoms with E-state index in [1.165, 1.54) is 16.3 Å². The van der Waals surface area contributed by atoms with Crippen molar-refractivity contribution in [2.45, 2.75) is 32.4 Å². The van der Waals surface area contributed by atoms with Gasteiger partial charge < -0.3 is 10.1 Å². The van der Waals surface area contributed by atoms with Gasteiger partial charge in [-0.2, -0.15) is 0 Å². The number of rotatable bonds is 4. The van der Waals surface area contributed by atoms with Crippen LogP contribution in [0.5, 0.6) is 0 Å². The fourth-order valence-corrected chi connectivity index (χ4v) is 2.10. The molecule has 0 aliphatic heterocycles. The van der Waals surface area contributed by atoms with Crippen LogP contribution in [0.4, 0.5) is 0 Å². The molecule has 1 unspecified atom stereocenters. The van der Waals surface area contributed by atoms with E-state index in [0.29, 0.717) is 6.61 Å². The van der Waals surface area contributed by atoms with E-state index in [4.69, 9.17) is 4.74 Å². The predicted molar refractivity (Wildman–Crippen MR) is 79.2 cm³/mol. The second kappa shape index (κ2) is 5.68. The Kier molecular flexibility index (Phi) is 4.17. The third kappa shape index (κ3) is 3.52. The highest BCUT2D eigenvalue weighted by atomic mass is 16.5. The van der Waals surface area contributed by atoms with Gasteiger partial charge in [0.25, 0.3) is 0 Å². The highest BCUT2D eigenvalue weighted by molar-refractivity contribution is 5.85. The monoisotopic (exact) mass is 258 g/mol. The molecule has 19 heavy (non-hydrogen) atoms. The Balaban J connectivity index is 2.30. The van der Waals surface area contributed by atoms with Crippen LogP contribution in [0.25, 0.3) is 10.8 Å². The zero-order valence-corrected chi connectivity index (χ0v) is 12.1. The first-order valence-electron chi connectivity index (χ1n) is 6.65. The molecule has 1 aromatic carbocycles. The number of hydrogen-bond donors (Lipinski definition) is 1. The van der Waals surface area contributed by atoms with Gasteiger partial charge in [0.05, 0.1) is 18.2 Å². The largest absolute Gasteiger partial charge is 0.374 e. The number of nitrogens with zero attached hydrogens (tertiary/aromatic N) is 1. The molecule has 0 aliphatic carbocycles. The molecular formula is C16H22N2O. The highest BCUT2D eigenvalue weighted by Crippen LogP contribution is 2.24. The minimum Gasteiger partial charge on any atom is -0.374 e. The van der Waals surface area contributed by atoms with Crippen molar-refractivity contribution in [3.8, 4) is 0 Å². The normalized spacial score (nSPS) is 13.7. The van der Waals surface area contributed by atoms with E-state index in [1.807, 2.05) is 25.5 Å². The fourth-order valence-electron chi connectivity index (χ4n) is 2.10. The van der Waals surface area contributed by atoms with Gasteiger partial charge in [0.1, 0.15) is 0 Å². The Morgan fingerprint density at radius 2 is 2.05 bits per heavy atom. The molecule has 0 amide bonds. The summed E-state index contributed by atoms with van der Waals surface area (Å²) in [5.74, 6) is 0. The summed E-state index contributed by atoms with van der Waals surface area (Å²) in [5.41, 5.74) is 1.11. The molecule has 0 spiro atoms. The lowest BCUT2D eigenvalue weighted by Crippen LogP contribution is -2.28. The smallest absolute Gasteiger partial charge is 0.0668 e. The first-order chi connectivity index (χ1) is 9.01. The number of fused-ring (bicyclic) bond motifs is 1. The van der Waals surface area contributed by atoms with Crippen molar-refractivity contribution in [1.82, 2.24) is 10.3 Å². The molecule has 1 aromatic heterocycles. The second-order valence-electron chi connectivity index (χ2n) is 5.71.